The van der Waals surface area contributed by atoms with Crippen molar-refractivity contribution in [1.29, 1.82) is 0 Å². The van der Waals surface area contributed by atoms with Crippen molar-refractivity contribution in [3.8, 4) is 11.5 Å². The van der Waals surface area contributed by atoms with Gasteiger partial charge in [-0.1, -0.05) is 13.8 Å². The van der Waals surface area contributed by atoms with Crippen LogP contribution in [0, 0.1) is 0 Å². The van der Waals surface area contributed by atoms with Gasteiger partial charge in [-0.3, -0.25) is 4.79 Å². The zero-order valence-electron chi connectivity index (χ0n) is 14.2. The number of carboxylic acids is 1. The minimum Gasteiger partial charge on any atom is -0.490 e. The van der Waals surface area contributed by atoms with Gasteiger partial charge in [0.2, 0.25) is 0 Å². The van der Waals surface area contributed by atoms with Crippen LogP contribution >= 0.6 is 0 Å². The zero-order valence-corrected chi connectivity index (χ0v) is 14.2. The minimum absolute atomic E-state index is 0.371. The van der Waals surface area contributed by atoms with Crippen molar-refractivity contribution in [2.24, 2.45) is 0 Å². The maximum Gasteiger partial charge on any atom is 0.326 e. The molecule has 0 fully saturated rings. The maximum absolute atomic E-state index is 12.4. The number of carbonyl (C=O) groups is 2. The molecule has 0 saturated heterocycles. The predicted molar refractivity (Wildman–Crippen MR) is 87.2 cm³/mol. The highest BCUT2D eigenvalue weighted by molar-refractivity contribution is 5.96. The molecule has 0 aliphatic rings. The fraction of sp³-hybridized carbons (Fsp3) is 0.529. The van der Waals surface area contributed by atoms with Gasteiger partial charge in [0.25, 0.3) is 5.91 Å². The number of rotatable bonds is 9. The Bertz CT molecular complexity index is 544. The monoisotopic (exact) mass is 323 g/mol. The SMILES string of the molecule is CCCOc1ccc(C(=O)N(C)C(C)C(=O)O)cc1OCCC. The van der Waals surface area contributed by atoms with Crippen LogP contribution in [0.2, 0.25) is 0 Å². The van der Waals surface area contributed by atoms with Gasteiger partial charge >= 0.3 is 5.97 Å². The van der Waals surface area contributed by atoms with Gasteiger partial charge in [-0.2, -0.15) is 0 Å². The first-order chi connectivity index (χ1) is 10.9. The summed E-state index contributed by atoms with van der Waals surface area (Å²) in [4.78, 5) is 24.6. The molecule has 128 valence electrons. The number of carboxylic acid groups (broad SMARTS) is 1. The van der Waals surface area contributed by atoms with Crippen LogP contribution in [-0.4, -0.2) is 48.2 Å². The van der Waals surface area contributed by atoms with Crippen molar-refractivity contribution in [1.82, 2.24) is 4.90 Å². The molecule has 1 atom stereocenters. The van der Waals surface area contributed by atoms with Gasteiger partial charge in [0.05, 0.1) is 13.2 Å². The average molecular weight is 323 g/mol. The Kier molecular flexibility index (Phi) is 7.38. The Labute approximate surface area is 137 Å². The molecule has 1 N–H and O–H groups in total. The van der Waals surface area contributed by atoms with Crippen LogP contribution in [0.1, 0.15) is 44.0 Å². The molecule has 0 aromatic heterocycles. The third kappa shape index (κ3) is 5.16. The fourth-order valence-electron chi connectivity index (χ4n) is 1.84. The summed E-state index contributed by atoms with van der Waals surface area (Å²) in [5, 5.41) is 9.02. The Morgan fingerprint density at radius 2 is 1.70 bits per heavy atom. The van der Waals surface area contributed by atoms with Crippen LogP contribution in [0.25, 0.3) is 0 Å². The lowest BCUT2D eigenvalue weighted by molar-refractivity contribution is -0.141. The molecule has 6 nitrogen and oxygen atoms in total. The molecule has 23 heavy (non-hydrogen) atoms. The molecule has 0 saturated carbocycles. The lowest BCUT2D eigenvalue weighted by Gasteiger charge is -2.22. The average Bonchev–Trinajstić information content (AvgIpc) is 2.56. The number of aliphatic carboxylic acids is 1. The number of nitrogens with zero attached hydrogens (tertiary/aromatic N) is 1. The third-order valence-corrected chi connectivity index (χ3v) is 3.37. The summed E-state index contributed by atoms with van der Waals surface area (Å²) in [7, 11) is 1.47. The van der Waals surface area contributed by atoms with Gasteiger partial charge in [0, 0.05) is 12.6 Å². The van der Waals surface area contributed by atoms with Crippen LogP contribution in [0.3, 0.4) is 0 Å². The van der Waals surface area contributed by atoms with Gasteiger partial charge in [-0.15, -0.1) is 0 Å². The molecule has 1 aromatic rings. The Morgan fingerprint density at radius 3 is 2.22 bits per heavy atom. The van der Waals surface area contributed by atoms with E-state index in [0.29, 0.717) is 30.3 Å². The van der Waals surface area contributed by atoms with E-state index in [1.807, 2.05) is 13.8 Å². The van der Waals surface area contributed by atoms with Crippen molar-refractivity contribution in [3.05, 3.63) is 23.8 Å². The first kappa shape index (κ1) is 18.8. The molecule has 1 rings (SSSR count). The van der Waals surface area contributed by atoms with E-state index in [-0.39, 0.29) is 5.91 Å². The first-order valence-corrected chi connectivity index (χ1v) is 7.81. The van der Waals surface area contributed by atoms with Crippen LogP contribution in [0.15, 0.2) is 18.2 Å². The van der Waals surface area contributed by atoms with Crippen LogP contribution in [-0.2, 0) is 4.79 Å². The first-order valence-electron chi connectivity index (χ1n) is 7.81. The number of likely N-dealkylation sites (N-methyl/N-ethyl adjacent to an activating group) is 1. The van der Waals surface area contributed by atoms with E-state index in [1.54, 1.807) is 18.2 Å². The van der Waals surface area contributed by atoms with E-state index in [4.69, 9.17) is 14.6 Å². The topological polar surface area (TPSA) is 76.1 Å². The summed E-state index contributed by atoms with van der Waals surface area (Å²) in [5.41, 5.74) is 0.371. The van der Waals surface area contributed by atoms with Crippen LogP contribution in [0.4, 0.5) is 0 Å². The predicted octanol–water partition coefficient (Wildman–Crippen LogP) is 2.81. The van der Waals surface area contributed by atoms with Gasteiger partial charge in [0.15, 0.2) is 11.5 Å². The molecular formula is C17H25NO5. The van der Waals surface area contributed by atoms with E-state index < -0.39 is 12.0 Å². The van der Waals surface area contributed by atoms with Crippen molar-refractivity contribution in [2.75, 3.05) is 20.3 Å². The molecule has 0 radical (unpaired) electrons. The molecule has 0 aliphatic heterocycles. The van der Waals surface area contributed by atoms with Crippen molar-refractivity contribution in [2.45, 2.75) is 39.7 Å². The molecule has 0 heterocycles. The normalized spacial score (nSPS) is 11.7. The quantitative estimate of drug-likeness (QED) is 0.756. The van der Waals surface area contributed by atoms with Crippen molar-refractivity contribution < 1.29 is 24.2 Å². The second kappa shape index (κ2) is 9.02. The summed E-state index contributed by atoms with van der Waals surface area (Å²) in [6.07, 6.45) is 1.70. The van der Waals surface area contributed by atoms with E-state index in [9.17, 15) is 9.59 Å². The summed E-state index contributed by atoms with van der Waals surface area (Å²) < 4.78 is 11.3. The molecule has 0 aliphatic carbocycles. The highest BCUT2D eigenvalue weighted by Gasteiger charge is 2.23. The van der Waals surface area contributed by atoms with Crippen molar-refractivity contribution >= 4 is 11.9 Å². The highest BCUT2D eigenvalue weighted by Crippen LogP contribution is 2.29. The van der Waals surface area contributed by atoms with Crippen LogP contribution in [0.5, 0.6) is 11.5 Å². The van der Waals surface area contributed by atoms with Gasteiger partial charge < -0.3 is 19.5 Å². The summed E-state index contributed by atoms with van der Waals surface area (Å²) in [6.45, 7) is 6.54. The maximum atomic E-state index is 12.4. The number of hydrogen-bond donors (Lipinski definition) is 1. The standard InChI is InChI=1S/C17H25NO5/c1-5-9-22-14-8-7-13(11-15(14)23-10-6-2)16(19)18(4)12(3)17(20)21/h7-8,11-12H,5-6,9-10H2,1-4H3,(H,20,21). The number of hydrogen-bond acceptors (Lipinski definition) is 4. The van der Waals surface area contributed by atoms with E-state index in [0.717, 1.165) is 12.8 Å². The van der Waals surface area contributed by atoms with E-state index in [2.05, 4.69) is 0 Å². The second-order valence-electron chi connectivity index (χ2n) is 5.29. The third-order valence-electron chi connectivity index (χ3n) is 3.37. The van der Waals surface area contributed by atoms with Gasteiger partial charge in [-0.05, 0) is 38.0 Å². The number of benzene rings is 1. The number of ether oxygens (including phenoxy) is 2. The summed E-state index contributed by atoms with van der Waals surface area (Å²) in [6, 6.07) is 4.01. The number of amides is 1. The molecular weight excluding hydrogens is 298 g/mol. The molecule has 0 bridgehead atoms. The minimum atomic E-state index is -1.05. The zero-order chi connectivity index (χ0) is 17.4. The second-order valence-corrected chi connectivity index (χ2v) is 5.29. The fourth-order valence-corrected chi connectivity index (χ4v) is 1.84. The van der Waals surface area contributed by atoms with Crippen LogP contribution < -0.4 is 9.47 Å². The Hall–Kier alpha value is -2.24. The number of carbonyl (C=O) groups excluding carboxylic acids is 1. The Morgan fingerprint density at radius 1 is 1.13 bits per heavy atom. The summed E-state index contributed by atoms with van der Waals surface area (Å²) in [5.74, 6) is -0.331. The van der Waals surface area contributed by atoms with Gasteiger partial charge in [0.1, 0.15) is 6.04 Å². The molecule has 6 heteroatoms. The molecule has 1 amide bonds. The largest absolute Gasteiger partial charge is 0.490 e. The van der Waals surface area contributed by atoms with Crippen molar-refractivity contribution in [3.63, 3.8) is 0 Å². The lowest BCUT2D eigenvalue weighted by Crippen LogP contribution is -2.40. The smallest absolute Gasteiger partial charge is 0.326 e. The summed E-state index contributed by atoms with van der Waals surface area (Å²) >= 11 is 0. The highest BCUT2D eigenvalue weighted by atomic mass is 16.5. The molecule has 1 unspecified atom stereocenters. The molecule has 1 aromatic carbocycles. The van der Waals surface area contributed by atoms with E-state index in [1.165, 1.54) is 18.9 Å². The van der Waals surface area contributed by atoms with Gasteiger partial charge in [-0.25, -0.2) is 4.79 Å². The van der Waals surface area contributed by atoms with E-state index >= 15 is 0 Å². The molecule has 0 spiro atoms. The Balaban J connectivity index is 3.02. The lowest BCUT2D eigenvalue weighted by atomic mass is 10.1.